The molecular weight excluding hydrogens is 500 g/mol. The highest BCUT2D eigenvalue weighted by atomic mass is 32.2. The zero-order valence-corrected chi connectivity index (χ0v) is 26.5. The van der Waals surface area contributed by atoms with Crippen LogP contribution in [0.1, 0.15) is 145 Å². The first-order valence-electron chi connectivity index (χ1n) is 15.0. The molecule has 0 aliphatic rings. The van der Waals surface area contributed by atoms with Gasteiger partial charge in [0, 0.05) is 17.9 Å². The van der Waals surface area contributed by atoms with Crippen molar-refractivity contribution in [1.82, 2.24) is 0 Å². The molecule has 7 heteroatoms. The first kappa shape index (κ1) is 36.8. The smallest absolute Gasteiger partial charge is 0.310 e. The third-order valence-electron chi connectivity index (χ3n) is 5.87. The van der Waals surface area contributed by atoms with Crippen molar-refractivity contribution in [2.45, 2.75) is 156 Å². The Morgan fingerprint density at radius 1 is 0.658 bits per heavy atom. The van der Waals surface area contributed by atoms with Gasteiger partial charge in [0.25, 0.3) is 0 Å². The Hall–Kier alpha value is -1.24. The van der Waals surface area contributed by atoms with E-state index in [-0.39, 0.29) is 12.4 Å². The van der Waals surface area contributed by atoms with Crippen molar-refractivity contribution in [3.05, 3.63) is 0 Å². The number of unbranched alkanes of at least 4 members (excludes halogenated alkanes) is 12. The molecule has 0 aromatic rings. The van der Waals surface area contributed by atoms with Gasteiger partial charge >= 0.3 is 17.9 Å². The number of esters is 3. The van der Waals surface area contributed by atoms with Crippen LogP contribution >= 0.6 is 11.8 Å². The molecule has 0 saturated heterocycles. The molecule has 0 N–H and O–H groups in total. The fourth-order valence-corrected chi connectivity index (χ4v) is 4.89. The van der Waals surface area contributed by atoms with Crippen LogP contribution in [0.5, 0.6) is 0 Å². The minimum absolute atomic E-state index is 0.0297. The van der Waals surface area contributed by atoms with E-state index >= 15 is 0 Å². The quantitative estimate of drug-likeness (QED) is 0.0749. The standard InChI is InChI=1S/C31H58O6S/c1-8-9-10-11-12-13-14-15-16-17-18-19-20-21-27(32)35-22-23-38-25-26(29(34)37-31(5,6)7)24-28(33)36-30(2,3)4/h26H,8-25H2,1-7H3/t26-/m0/s1. The van der Waals surface area contributed by atoms with Crippen molar-refractivity contribution in [2.24, 2.45) is 5.92 Å². The molecule has 6 nitrogen and oxygen atoms in total. The van der Waals surface area contributed by atoms with E-state index in [0.29, 0.717) is 24.5 Å². The highest BCUT2D eigenvalue weighted by molar-refractivity contribution is 7.99. The van der Waals surface area contributed by atoms with E-state index in [1.165, 1.54) is 82.4 Å². The van der Waals surface area contributed by atoms with Gasteiger partial charge in [-0.05, 0) is 48.0 Å². The number of rotatable bonds is 22. The van der Waals surface area contributed by atoms with Crippen LogP contribution in [0.2, 0.25) is 0 Å². The summed E-state index contributed by atoms with van der Waals surface area (Å²) in [5, 5.41) is 0. The lowest BCUT2D eigenvalue weighted by Gasteiger charge is -2.25. The number of thioether (sulfide) groups is 1. The molecule has 0 aliphatic heterocycles. The largest absolute Gasteiger partial charge is 0.465 e. The van der Waals surface area contributed by atoms with Crippen molar-refractivity contribution in [1.29, 1.82) is 0 Å². The van der Waals surface area contributed by atoms with Gasteiger partial charge in [-0.1, -0.05) is 84.0 Å². The van der Waals surface area contributed by atoms with Crippen LogP contribution in [0.3, 0.4) is 0 Å². The summed E-state index contributed by atoms with van der Waals surface area (Å²) in [6, 6.07) is 0. The molecule has 0 aromatic carbocycles. The third kappa shape index (κ3) is 25.1. The normalized spacial score (nSPS) is 12.7. The van der Waals surface area contributed by atoms with Crippen LogP contribution in [-0.4, -0.2) is 47.2 Å². The minimum Gasteiger partial charge on any atom is -0.465 e. The molecule has 0 unspecified atom stereocenters. The maximum atomic E-state index is 12.6. The van der Waals surface area contributed by atoms with Gasteiger partial charge in [-0.3, -0.25) is 14.4 Å². The van der Waals surface area contributed by atoms with E-state index in [1.54, 1.807) is 41.5 Å². The van der Waals surface area contributed by atoms with Crippen LogP contribution in [0.4, 0.5) is 0 Å². The summed E-state index contributed by atoms with van der Waals surface area (Å²) >= 11 is 1.48. The zero-order chi connectivity index (χ0) is 28.9. The van der Waals surface area contributed by atoms with Crippen molar-refractivity contribution in [2.75, 3.05) is 18.1 Å². The number of carbonyl (C=O) groups excluding carboxylic acids is 3. The molecule has 1 atom stereocenters. The average Bonchev–Trinajstić information content (AvgIpc) is 2.78. The maximum absolute atomic E-state index is 12.6. The summed E-state index contributed by atoms with van der Waals surface area (Å²) in [5.41, 5.74) is -1.23. The highest BCUT2D eigenvalue weighted by Crippen LogP contribution is 2.21. The van der Waals surface area contributed by atoms with Crippen LogP contribution in [0, 0.1) is 5.92 Å². The Balaban J connectivity index is 3.96. The molecule has 0 saturated carbocycles. The highest BCUT2D eigenvalue weighted by Gasteiger charge is 2.29. The molecule has 0 bridgehead atoms. The van der Waals surface area contributed by atoms with Gasteiger partial charge in [0.2, 0.25) is 0 Å². The first-order valence-corrected chi connectivity index (χ1v) is 16.2. The molecule has 0 heterocycles. The summed E-state index contributed by atoms with van der Waals surface area (Å²) in [4.78, 5) is 36.9. The zero-order valence-electron chi connectivity index (χ0n) is 25.7. The van der Waals surface area contributed by atoms with Crippen LogP contribution in [-0.2, 0) is 28.6 Å². The van der Waals surface area contributed by atoms with E-state index in [4.69, 9.17) is 14.2 Å². The Bertz CT molecular complexity index is 635. The molecule has 0 aliphatic carbocycles. The van der Waals surface area contributed by atoms with Gasteiger partial charge in [-0.25, -0.2) is 0 Å². The third-order valence-corrected chi connectivity index (χ3v) is 6.96. The van der Waals surface area contributed by atoms with Crippen LogP contribution < -0.4 is 0 Å². The van der Waals surface area contributed by atoms with Gasteiger partial charge in [0.15, 0.2) is 0 Å². The maximum Gasteiger partial charge on any atom is 0.310 e. The van der Waals surface area contributed by atoms with Crippen molar-refractivity contribution < 1.29 is 28.6 Å². The molecule has 224 valence electrons. The molecule has 0 amide bonds. The lowest BCUT2D eigenvalue weighted by Crippen LogP contribution is -2.33. The number of carbonyl (C=O) groups is 3. The second kappa shape index (κ2) is 21.6. The van der Waals surface area contributed by atoms with Crippen molar-refractivity contribution in [3.8, 4) is 0 Å². The lowest BCUT2D eigenvalue weighted by atomic mass is 10.0. The van der Waals surface area contributed by atoms with Gasteiger partial charge in [-0.2, -0.15) is 11.8 Å². The van der Waals surface area contributed by atoms with Gasteiger partial charge < -0.3 is 14.2 Å². The van der Waals surface area contributed by atoms with Gasteiger partial charge in [0.1, 0.15) is 17.8 Å². The SMILES string of the molecule is CCCCCCCCCCCCCCCC(=O)OCCSC[C@H](CC(=O)OC(C)(C)C)C(=O)OC(C)(C)C. The van der Waals surface area contributed by atoms with Crippen molar-refractivity contribution >= 4 is 29.7 Å². The Kier molecular flexibility index (Phi) is 20.9. The Labute approximate surface area is 238 Å². The summed E-state index contributed by atoms with van der Waals surface area (Å²) in [7, 11) is 0. The van der Waals surface area contributed by atoms with E-state index in [1.807, 2.05) is 0 Å². The lowest BCUT2D eigenvalue weighted by molar-refractivity contribution is -0.166. The predicted octanol–water partition coefficient (Wildman–Crippen LogP) is 8.43. The van der Waals surface area contributed by atoms with E-state index in [9.17, 15) is 14.4 Å². The minimum atomic E-state index is -0.628. The topological polar surface area (TPSA) is 78.9 Å². The predicted molar refractivity (Wildman–Crippen MR) is 158 cm³/mol. The average molecular weight is 559 g/mol. The molecule has 0 spiro atoms. The van der Waals surface area contributed by atoms with Crippen LogP contribution in [0.15, 0.2) is 0 Å². The number of hydrogen-bond acceptors (Lipinski definition) is 7. The number of hydrogen-bond donors (Lipinski definition) is 0. The second-order valence-corrected chi connectivity index (χ2v) is 13.5. The molecular formula is C31H58O6S. The Morgan fingerprint density at radius 2 is 1.13 bits per heavy atom. The molecule has 0 radical (unpaired) electrons. The van der Waals surface area contributed by atoms with Crippen LogP contribution in [0.25, 0.3) is 0 Å². The van der Waals surface area contributed by atoms with Gasteiger partial charge in [0.05, 0.1) is 12.3 Å². The summed E-state index contributed by atoms with van der Waals surface area (Å²) < 4.78 is 16.2. The first-order chi connectivity index (χ1) is 17.8. The number of ether oxygens (including phenoxy) is 3. The summed E-state index contributed by atoms with van der Waals surface area (Å²) in [6.45, 7) is 13.4. The van der Waals surface area contributed by atoms with E-state index in [2.05, 4.69) is 6.92 Å². The van der Waals surface area contributed by atoms with E-state index < -0.39 is 29.1 Å². The molecule has 38 heavy (non-hydrogen) atoms. The fourth-order valence-electron chi connectivity index (χ4n) is 3.98. The molecule has 0 fully saturated rings. The monoisotopic (exact) mass is 558 g/mol. The Morgan fingerprint density at radius 3 is 1.61 bits per heavy atom. The molecule has 0 aromatic heterocycles. The molecule has 0 rings (SSSR count). The summed E-state index contributed by atoms with van der Waals surface area (Å²) in [5.74, 6) is -0.613. The van der Waals surface area contributed by atoms with Gasteiger partial charge in [-0.15, -0.1) is 0 Å². The summed E-state index contributed by atoms with van der Waals surface area (Å²) in [6.07, 6.45) is 17.0. The van der Waals surface area contributed by atoms with E-state index in [0.717, 1.165) is 12.8 Å². The fraction of sp³-hybridized carbons (Fsp3) is 0.903. The van der Waals surface area contributed by atoms with Crippen molar-refractivity contribution in [3.63, 3.8) is 0 Å². The second-order valence-electron chi connectivity index (χ2n) is 12.3.